The summed E-state index contributed by atoms with van der Waals surface area (Å²) in [5.41, 5.74) is 7.85. The van der Waals surface area contributed by atoms with Crippen molar-refractivity contribution in [1.82, 2.24) is 4.90 Å². The van der Waals surface area contributed by atoms with Gasteiger partial charge in [-0.25, -0.2) is 21.6 Å². The first kappa shape index (κ1) is 34.2. The van der Waals surface area contributed by atoms with Crippen LogP contribution in [0.1, 0.15) is 36.0 Å². The van der Waals surface area contributed by atoms with E-state index < -0.39 is 43.4 Å². The van der Waals surface area contributed by atoms with Crippen LogP contribution in [0.3, 0.4) is 0 Å². The monoisotopic (exact) mass is 640 g/mol. The Hall–Kier alpha value is -3.26. The Bertz CT molecular complexity index is 1590. The Kier molecular flexibility index (Phi) is 11.9. The maximum absolute atomic E-state index is 13.9. The molecule has 1 saturated heterocycles. The van der Waals surface area contributed by atoms with Crippen LogP contribution in [-0.4, -0.2) is 57.1 Å². The van der Waals surface area contributed by atoms with Crippen molar-refractivity contribution in [2.75, 3.05) is 18.8 Å². The molecule has 1 heterocycles. The molecule has 43 heavy (non-hydrogen) atoms. The van der Waals surface area contributed by atoms with Gasteiger partial charge >= 0.3 is 0 Å². The predicted molar refractivity (Wildman–Crippen MR) is 157 cm³/mol. The Morgan fingerprint density at radius 3 is 2.09 bits per heavy atom. The fraction of sp³-hybridized carbons (Fsp3) is 0.367. The minimum atomic E-state index is -4.02. The number of hydrogen-bond acceptors (Lipinski definition) is 6. The van der Waals surface area contributed by atoms with Gasteiger partial charge < -0.3 is 10.6 Å². The van der Waals surface area contributed by atoms with Crippen LogP contribution in [0.15, 0.2) is 71.6 Å². The first-order valence-corrected chi connectivity index (χ1v) is 16.9. The van der Waals surface area contributed by atoms with Gasteiger partial charge in [0.2, 0.25) is 5.91 Å². The summed E-state index contributed by atoms with van der Waals surface area (Å²) in [6.07, 6.45) is 1.15. The summed E-state index contributed by atoms with van der Waals surface area (Å²) in [7, 11) is -7.42. The zero-order valence-electron chi connectivity index (χ0n) is 23.6. The van der Waals surface area contributed by atoms with Crippen molar-refractivity contribution in [2.24, 2.45) is 11.7 Å². The van der Waals surface area contributed by atoms with Gasteiger partial charge in [0.05, 0.1) is 16.4 Å². The van der Waals surface area contributed by atoms with Crippen LogP contribution >= 0.6 is 0 Å². The van der Waals surface area contributed by atoms with Gasteiger partial charge in [-0.05, 0) is 61.4 Å². The summed E-state index contributed by atoms with van der Waals surface area (Å²) in [6, 6.07) is 15.7. The lowest BCUT2D eigenvalue weighted by Crippen LogP contribution is -2.44. The second-order valence-electron chi connectivity index (χ2n) is 10.6. The highest BCUT2D eigenvalue weighted by Gasteiger charge is 2.28. The first-order chi connectivity index (χ1) is 20.1. The van der Waals surface area contributed by atoms with E-state index in [1.165, 1.54) is 12.1 Å². The van der Waals surface area contributed by atoms with Crippen LogP contribution in [0.5, 0.6) is 0 Å². The molecule has 1 aliphatic rings. The lowest BCUT2D eigenvalue weighted by atomic mass is 9.86. The Morgan fingerprint density at radius 2 is 1.51 bits per heavy atom. The highest BCUT2D eigenvalue weighted by Crippen LogP contribution is 2.24. The zero-order valence-corrected chi connectivity index (χ0v) is 25.3. The molecule has 0 spiro atoms. The molecule has 1 fully saturated rings. The number of carbonyl (C=O) groups is 1. The summed E-state index contributed by atoms with van der Waals surface area (Å²) in [5, 5.41) is 0. The summed E-state index contributed by atoms with van der Waals surface area (Å²) >= 11 is 0. The third-order valence-electron chi connectivity index (χ3n) is 7.22. The number of amides is 1. The van der Waals surface area contributed by atoms with E-state index in [9.17, 15) is 34.8 Å². The number of likely N-dealkylation sites (tertiary alicyclic amines) is 1. The van der Waals surface area contributed by atoms with Crippen molar-refractivity contribution in [1.29, 1.82) is 0 Å². The van der Waals surface area contributed by atoms with Gasteiger partial charge in [-0.15, -0.1) is 0 Å². The van der Waals surface area contributed by atoms with Crippen molar-refractivity contribution in [3.8, 4) is 0 Å². The third kappa shape index (κ3) is 10.8. The highest BCUT2D eigenvalue weighted by atomic mass is 32.2. The Morgan fingerprint density at radius 1 is 0.930 bits per heavy atom. The maximum Gasteiger partial charge on any atom is 0.294 e. The minimum absolute atomic E-state index is 0.00613. The normalized spacial score (nSPS) is 15.0. The van der Waals surface area contributed by atoms with E-state index in [1.54, 1.807) is 41.3 Å². The van der Waals surface area contributed by atoms with E-state index in [2.05, 4.69) is 0 Å². The standard InChI is InChI=1S/C23H27F3N2O3S.C7H8O3S/c24-19-14-21(26)20(25)12-18(19)13-22(27)17-6-9-28(10-7-17)23(29)8-11-32(30,31)15-16-4-2-1-3-5-16;1-6-2-4-7(5-3-6)11(8,9)10/h1-5,12,14,17,22H,6-11,13,15,27H2;2-5H,1H3,(H,8,9,10)/t22-;/m1./s1. The lowest BCUT2D eigenvalue weighted by molar-refractivity contribution is -0.132. The van der Waals surface area contributed by atoms with E-state index in [4.69, 9.17) is 10.3 Å². The van der Waals surface area contributed by atoms with Crippen molar-refractivity contribution in [3.05, 3.63) is 101 Å². The van der Waals surface area contributed by atoms with Crippen LogP contribution in [0.4, 0.5) is 13.2 Å². The molecule has 234 valence electrons. The maximum atomic E-state index is 13.9. The number of benzene rings is 3. The average Bonchev–Trinajstić information content (AvgIpc) is 2.95. The van der Waals surface area contributed by atoms with E-state index >= 15 is 0 Å². The van der Waals surface area contributed by atoms with Crippen molar-refractivity contribution >= 4 is 25.9 Å². The molecule has 0 unspecified atom stereocenters. The highest BCUT2D eigenvalue weighted by molar-refractivity contribution is 7.90. The number of hydrogen-bond donors (Lipinski definition) is 2. The number of nitrogens with zero attached hydrogens (tertiary/aromatic N) is 1. The van der Waals surface area contributed by atoms with E-state index in [1.807, 2.05) is 13.0 Å². The Labute approximate surface area is 250 Å². The van der Waals surface area contributed by atoms with E-state index in [0.29, 0.717) is 37.6 Å². The summed E-state index contributed by atoms with van der Waals surface area (Å²) in [6.45, 7) is 2.69. The van der Waals surface area contributed by atoms with E-state index in [0.717, 1.165) is 11.6 Å². The van der Waals surface area contributed by atoms with Gasteiger partial charge in [-0.3, -0.25) is 9.35 Å². The van der Waals surface area contributed by atoms with Crippen molar-refractivity contribution in [2.45, 2.75) is 49.3 Å². The second kappa shape index (κ2) is 15.0. The van der Waals surface area contributed by atoms with Gasteiger partial charge in [-0.2, -0.15) is 8.42 Å². The molecule has 1 amide bonds. The van der Waals surface area contributed by atoms with Crippen LogP contribution in [0, 0.1) is 30.3 Å². The summed E-state index contributed by atoms with van der Waals surface area (Å²) in [5.74, 6) is -3.72. The molecule has 0 radical (unpaired) electrons. The quantitative estimate of drug-likeness (QED) is 0.261. The number of nitrogens with two attached hydrogens (primary N) is 1. The number of sulfone groups is 1. The number of piperidine rings is 1. The average molecular weight is 641 g/mol. The fourth-order valence-corrected chi connectivity index (χ4v) is 6.54. The molecule has 1 aliphatic heterocycles. The number of halogens is 3. The van der Waals surface area contributed by atoms with Crippen LogP contribution in [0.2, 0.25) is 0 Å². The van der Waals surface area contributed by atoms with Gasteiger partial charge in [0.25, 0.3) is 10.1 Å². The molecule has 0 aliphatic carbocycles. The van der Waals surface area contributed by atoms with Gasteiger partial charge in [-0.1, -0.05) is 48.0 Å². The Balaban J connectivity index is 0.000000386. The largest absolute Gasteiger partial charge is 0.343 e. The van der Waals surface area contributed by atoms with Crippen LogP contribution in [0.25, 0.3) is 0 Å². The predicted octanol–water partition coefficient (Wildman–Crippen LogP) is 4.46. The topological polar surface area (TPSA) is 135 Å². The molecule has 3 aromatic carbocycles. The number of aryl methyl sites for hydroxylation is 1. The smallest absolute Gasteiger partial charge is 0.294 e. The molecule has 3 aromatic rings. The van der Waals surface area contributed by atoms with Crippen molar-refractivity contribution < 1.29 is 39.4 Å². The second-order valence-corrected chi connectivity index (χ2v) is 14.2. The molecule has 13 heteroatoms. The SMILES string of the molecule is Cc1ccc(S(=O)(=O)O)cc1.N[C@H](Cc1cc(F)c(F)cc1F)C1CCN(C(=O)CCS(=O)(=O)Cc2ccccc2)CC1. The zero-order chi connectivity index (χ0) is 31.8. The van der Waals surface area contributed by atoms with Crippen LogP contribution < -0.4 is 5.73 Å². The summed E-state index contributed by atoms with van der Waals surface area (Å²) < 4.78 is 94.5. The van der Waals surface area contributed by atoms with E-state index in [-0.39, 0.29) is 46.6 Å². The minimum Gasteiger partial charge on any atom is -0.343 e. The third-order valence-corrected chi connectivity index (χ3v) is 9.69. The molecule has 8 nitrogen and oxygen atoms in total. The molecular formula is C30H35F3N2O6S2. The molecule has 4 rings (SSSR count). The van der Waals surface area contributed by atoms with Gasteiger partial charge in [0.1, 0.15) is 5.82 Å². The number of rotatable bonds is 9. The molecule has 0 saturated carbocycles. The summed E-state index contributed by atoms with van der Waals surface area (Å²) in [4.78, 5) is 14.0. The molecule has 3 N–H and O–H groups in total. The van der Waals surface area contributed by atoms with Gasteiger partial charge in [0.15, 0.2) is 21.5 Å². The fourth-order valence-electron chi connectivity index (χ4n) is 4.73. The first-order valence-electron chi connectivity index (χ1n) is 13.6. The molecule has 0 bridgehead atoms. The molecule has 0 aromatic heterocycles. The molecular weight excluding hydrogens is 605 g/mol. The number of carbonyl (C=O) groups excluding carboxylic acids is 1. The molecule has 1 atom stereocenters. The van der Waals surface area contributed by atoms with Crippen LogP contribution in [-0.2, 0) is 36.9 Å². The lowest BCUT2D eigenvalue weighted by Gasteiger charge is -2.35. The van der Waals surface area contributed by atoms with Crippen molar-refractivity contribution in [3.63, 3.8) is 0 Å². The van der Waals surface area contributed by atoms with Gasteiger partial charge in [0, 0.05) is 31.6 Å².